The molecule has 7 nitrogen and oxygen atoms in total. The van der Waals surface area contributed by atoms with Crippen LogP contribution in [0, 0.1) is 5.82 Å². The van der Waals surface area contributed by atoms with Gasteiger partial charge in [-0.15, -0.1) is 0 Å². The number of rotatable bonds is 3. The number of aromatic nitrogens is 3. The molecular formula is C21H18ClFN4O3S. The lowest BCUT2D eigenvalue weighted by atomic mass is 9.99. The van der Waals surface area contributed by atoms with Crippen LogP contribution in [-0.2, 0) is 26.6 Å². The predicted molar refractivity (Wildman–Crippen MR) is 113 cm³/mol. The van der Waals surface area contributed by atoms with Crippen molar-refractivity contribution < 1.29 is 17.6 Å². The molecule has 1 saturated heterocycles. The van der Waals surface area contributed by atoms with Crippen molar-refractivity contribution in [3.8, 4) is 0 Å². The Kier molecular flexibility index (Phi) is 3.87. The Morgan fingerprint density at radius 1 is 1.29 bits per heavy atom. The second kappa shape index (κ2) is 6.26. The first-order chi connectivity index (χ1) is 14.8. The number of pyridine rings is 1. The summed E-state index contributed by atoms with van der Waals surface area (Å²) in [6, 6.07) is 4.20. The van der Waals surface area contributed by atoms with Gasteiger partial charge in [0.25, 0.3) is 0 Å². The van der Waals surface area contributed by atoms with Crippen LogP contribution >= 0.6 is 11.6 Å². The first kappa shape index (κ1) is 19.2. The van der Waals surface area contributed by atoms with Gasteiger partial charge in [0.05, 0.1) is 46.9 Å². The zero-order valence-electron chi connectivity index (χ0n) is 16.4. The Labute approximate surface area is 182 Å². The molecule has 3 aliphatic rings. The fraction of sp³-hybridized carbons (Fsp3) is 0.381. The Hall–Kier alpha value is -2.52. The summed E-state index contributed by atoms with van der Waals surface area (Å²) < 4.78 is 40.9. The van der Waals surface area contributed by atoms with Crippen LogP contribution in [0.25, 0.3) is 11.0 Å². The van der Waals surface area contributed by atoms with Gasteiger partial charge in [0, 0.05) is 11.2 Å². The summed E-state index contributed by atoms with van der Waals surface area (Å²) in [5.41, 5.74) is 1.79. The molecule has 4 heterocycles. The fourth-order valence-corrected chi connectivity index (χ4v) is 6.98. The van der Waals surface area contributed by atoms with Crippen LogP contribution in [-0.4, -0.2) is 40.4 Å². The Morgan fingerprint density at radius 2 is 2.10 bits per heavy atom. The Bertz CT molecular complexity index is 1380. The molecule has 0 N–H and O–H groups in total. The molecule has 1 aliphatic carbocycles. The monoisotopic (exact) mass is 460 g/mol. The van der Waals surface area contributed by atoms with E-state index in [-0.39, 0.29) is 34.5 Å². The van der Waals surface area contributed by atoms with Gasteiger partial charge in [0.2, 0.25) is 5.91 Å². The molecule has 3 aromatic rings. The first-order valence-electron chi connectivity index (χ1n) is 10.1. The maximum absolute atomic E-state index is 14.9. The van der Waals surface area contributed by atoms with Gasteiger partial charge >= 0.3 is 0 Å². The van der Waals surface area contributed by atoms with Crippen molar-refractivity contribution in [3.63, 3.8) is 0 Å². The summed E-state index contributed by atoms with van der Waals surface area (Å²) in [5, 5.41) is 0.212. The van der Waals surface area contributed by atoms with E-state index in [1.807, 2.05) is 6.07 Å². The van der Waals surface area contributed by atoms with Gasteiger partial charge in [-0.25, -0.2) is 17.8 Å². The molecule has 1 amide bonds. The van der Waals surface area contributed by atoms with E-state index in [2.05, 4.69) is 9.97 Å². The van der Waals surface area contributed by atoms with Crippen LogP contribution < -0.4 is 4.90 Å². The third kappa shape index (κ3) is 2.75. The molecule has 10 heteroatoms. The average molecular weight is 461 g/mol. The molecular weight excluding hydrogens is 443 g/mol. The number of sulfone groups is 1. The fourth-order valence-electron chi connectivity index (χ4n) is 5.08. The van der Waals surface area contributed by atoms with E-state index in [1.165, 1.54) is 6.07 Å². The van der Waals surface area contributed by atoms with Gasteiger partial charge in [-0.05, 0) is 43.0 Å². The number of imidazole rings is 1. The Balaban J connectivity index is 1.50. The van der Waals surface area contributed by atoms with Crippen LogP contribution in [0.1, 0.15) is 36.7 Å². The van der Waals surface area contributed by atoms with Gasteiger partial charge in [0.1, 0.15) is 11.3 Å². The van der Waals surface area contributed by atoms with Crippen LogP contribution in [0.5, 0.6) is 0 Å². The number of hydrogen-bond donors (Lipinski definition) is 0. The van der Waals surface area contributed by atoms with E-state index < -0.39 is 27.1 Å². The molecule has 0 bridgehead atoms. The van der Waals surface area contributed by atoms with Crippen molar-refractivity contribution in [2.45, 2.75) is 37.3 Å². The number of hydrogen-bond acceptors (Lipinski definition) is 5. The standard InChI is InChI=1S/C21H18ClFN4O3S/c22-12-7-15(23)19-16(8-12)25-18(27(19)13-2-6-31(29,30)11-13)10-26-17-9-24-5-1-14(17)21(3-4-21)20(26)28/h1,5,7-9,13H,2-4,6,10-11H2. The smallest absolute Gasteiger partial charge is 0.238 e. The molecule has 160 valence electrons. The third-order valence-electron chi connectivity index (χ3n) is 6.66. The average Bonchev–Trinajstić information content (AvgIpc) is 3.26. The lowest BCUT2D eigenvalue weighted by molar-refractivity contribution is -0.120. The van der Waals surface area contributed by atoms with Gasteiger partial charge < -0.3 is 9.47 Å². The van der Waals surface area contributed by atoms with Gasteiger partial charge in [-0.2, -0.15) is 0 Å². The minimum Gasteiger partial charge on any atom is -0.320 e. The van der Waals surface area contributed by atoms with E-state index in [4.69, 9.17) is 11.6 Å². The quantitative estimate of drug-likeness (QED) is 0.599. The van der Waals surface area contributed by atoms with Crippen LogP contribution in [0.15, 0.2) is 30.6 Å². The zero-order valence-corrected chi connectivity index (χ0v) is 18.0. The predicted octanol–water partition coefficient (Wildman–Crippen LogP) is 3.16. The second-order valence-corrected chi connectivity index (χ2v) is 11.2. The van der Waals surface area contributed by atoms with Gasteiger partial charge in [-0.1, -0.05) is 11.6 Å². The second-order valence-electron chi connectivity index (χ2n) is 8.58. The normalized spacial score (nSPS) is 23.1. The number of nitrogens with zero attached hydrogens (tertiary/aromatic N) is 4. The highest BCUT2D eigenvalue weighted by Crippen LogP contribution is 2.57. The summed E-state index contributed by atoms with van der Waals surface area (Å²) in [6.45, 7) is 0.113. The van der Waals surface area contributed by atoms with E-state index in [0.717, 1.165) is 24.1 Å². The molecule has 1 saturated carbocycles. The van der Waals surface area contributed by atoms with Crippen molar-refractivity contribution in [3.05, 3.63) is 52.8 Å². The molecule has 2 aliphatic heterocycles. The molecule has 6 rings (SSSR count). The van der Waals surface area contributed by atoms with E-state index in [1.54, 1.807) is 27.9 Å². The molecule has 2 aromatic heterocycles. The molecule has 2 fully saturated rings. The van der Waals surface area contributed by atoms with Crippen molar-refractivity contribution in [2.24, 2.45) is 0 Å². The van der Waals surface area contributed by atoms with Gasteiger partial charge in [-0.3, -0.25) is 9.78 Å². The van der Waals surface area contributed by atoms with Crippen LogP contribution in [0.4, 0.5) is 10.1 Å². The van der Waals surface area contributed by atoms with Crippen molar-refractivity contribution in [1.82, 2.24) is 14.5 Å². The minimum absolute atomic E-state index is 0.00773. The van der Waals surface area contributed by atoms with Crippen LogP contribution in [0.2, 0.25) is 5.02 Å². The van der Waals surface area contributed by atoms with Crippen LogP contribution in [0.3, 0.4) is 0 Å². The number of amides is 1. The number of benzene rings is 1. The number of carbonyl (C=O) groups excluding carboxylic acids is 1. The summed E-state index contributed by atoms with van der Waals surface area (Å²) >= 11 is 6.04. The van der Waals surface area contributed by atoms with Crippen molar-refractivity contribution in [2.75, 3.05) is 16.4 Å². The topological polar surface area (TPSA) is 85.2 Å². The number of fused-ring (bicyclic) bond motifs is 3. The molecule has 0 radical (unpaired) electrons. The first-order valence-corrected chi connectivity index (χ1v) is 12.3. The molecule has 1 unspecified atom stereocenters. The Morgan fingerprint density at radius 3 is 2.81 bits per heavy atom. The largest absolute Gasteiger partial charge is 0.320 e. The van der Waals surface area contributed by atoms with Crippen molar-refractivity contribution >= 4 is 44.1 Å². The van der Waals surface area contributed by atoms with E-state index in [0.29, 0.717) is 17.8 Å². The minimum atomic E-state index is -3.21. The lowest BCUT2D eigenvalue weighted by Crippen LogP contribution is -2.33. The molecule has 1 aromatic carbocycles. The molecule has 1 spiro atoms. The highest BCUT2D eigenvalue weighted by molar-refractivity contribution is 7.91. The summed E-state index contributed by atoms with van der Waals surface area (Å²) in [4.78, 5) is 23.7. The summed E-state index contributed by atoms with van der Waals surface area (Å²) in [7, 11) is -3.21. The summed E-state index contributed by atoms with van der Waals surface area (Å²) in [6.07, 6.45) is 5.32. The number of anilines is 1. The number of halogens is 2. The van der Waals surface area contributed by atoms with E-state index >= 15 is 0 Å². The van der Waals surface area contributed by atoms with E-state index in [9.17, 15) is 17.6 Å². The zero-order chi connectivity index (χ0) is 21.5. The highest BCUT2D eigenvalue weighted by Gasteiger charge is 2.59. The van der Waals surface area contributed by atoms with Crippen molar-refractivity contribution in [1.29, 1.82) is 0 Å². The highest BCUT2D eigenvalue weighted by atomic mass is 35.5. The number of carbonyl (C=O) groups is 1. The molecule has 1 atom stereocenters. The summed E-state index contributed by atoms with van der Waals surface area (Å²) in [5.74, 6) is -0.154. The lowest BCUT2D eigenvalue weighted by Gasteiger charge is -2.21. The van der Waals surface area contributed by atoms with Gasteiger partial charge in [0.15, 0.2) is 15.7 Å². The third-order valence-corrected chi connectivity index (χ3v) is 8.63. The maximum Gasteiger partial charge on any atom is 0.238 e. The maximum atomic E-state index is 14.9. The SMILES string of the molecule is O=C1N(Cc2nc3cc(Cl)cc(F)c3n2C2CCS(=O)(=O)C2)c2cnccc2C12CC2. The molecule has 31 heavy (non-hydrogen) atoms.